The fourth-order valence-electron chi connectivity index (χ4n) is 1.55. The molecule has 1 aromatic carbocycles. The molecule has 0 saturated carbocycles. The van der Waals surface area contributed by atoms with E-state index >= 15 is 0 Å². The van der Waals surface area contributed by atoms with E-state index in [1.54, 1.807) is 12.1 Å². The number of aromatic carboxylic acids is 1. The number of carbonyl (C=O) groups is 1. The van der Waals surface area contributed by atoms with Gasteiger partial charge in [0.2, 0.25) is 0 Å². The first-order chi connectivity index (χ1) is 8.58. The Bertz CT molecular complexity index is 599. The van der Waals surface area contributed by atoms with Crippen LogP contribution in [0.2, 0.25) is 5.02 Å². The molecule has 0 amide bonds. The number of hydrogen-bond donors (Lipinski definition) is 2. The second-order valence-electron chi connectivity index (χ2n) is 3.83. The van der Waals surface area contributed by atoms with Gasteiger partial charge in [-0.15, -0.1) is 0 Å². The van der Waals surface area contributed by atoms with E-state index < -0.39 is 5.97 Å². The Morgan fingerprint density at radius 2 is 2.11 bits per heavy atom. The molecule has 0 saturated heterocycles. The number of pyridine rings is 1. The van der Waals surface area contributed by atoms with Crippen LogP contribution in [0.5, 0.6) is 0 Å². The number of anilines is 2. The minimum Gasteiger partial charge on any atom is -0.478 e. The first-order valence-electron chi connectivity index (χ1n) is 5.28. The van der Waals surface area contributed by atoms with Crippen molar-refractivity contribution >= 4 is 28.9 Å². The Hall–Kier alpha value is -2.07. The summed E-state index contributed by atoms with van der Waals surface area (Å²) < 4.78 is 0. The molecule has 0 bridgehead atoms. The molecule has 2 rings (SSSR count). The maximum Gasteiger partial charge on any atom is 0.339 e. The van der Waals surface area contributed by atoms with E-state index in [0.29, 0.717) is 16.4 Å². The van der Waals surface area contributed by atoms with E-state index in [1.165, 1.54) is 12.4 Å². The predicted octanol–water partition coefficient (Wildman–Crippen LogP) is 3.49. The van der Waals surface area contributed by atoms with Crippen LogP contribution in [-0.2, 0) is 0 Å². The highest BCUT2D eigenvalue weighted by Gasteiger charge is 2.11. The van der Waals surface area contributed by atoms with Crippen molar-refractivity contribution in [2.24, 2.45) is 0 Å². The third-order valence-electron chi connectivity index (χ3n) is 2.44. The van der Waals surface area contributed by atoms with Crippen LogP contribution < -0.4 is 5.32 Å². The molecule has 0 atom stereocenters. The second-order valence-corrected chi connectivity index (χ2v) is 4.24. The summed E-state index contributed by atoms with van der Waals surface area (Å²) in [7, 11) is 0. The molecule has 1 aromatic heterocycles. The van der Waals surface area contributed by atoms with Gasteiger partial charge in [0.25, 0.3) is 0 Å². The number of benzene rings is 1. The Kier molecular flexibility index (Phi) is 3.48. The zero-order valence-electron chi connectivity index (χ0n) is 9.64. The zero-order chi connectivity index (χ0) is 13.1. The molecule has 0 unspecified atom stereocenters. The maximum atomic E-state index is 11.1. The van der Waals surface area contributed by atoms with Gasteiger partial charge < -0.3 is 10.4 Å². The van der Waals surface area contributed by atoms with Gasteiger partial charge in [0.1, 0.15) is 5.56 Å². The monoisotopic (exact) mass is 262 g/mol. The van der Waals surface area contributed by atoms with E-state index in [9.17, 15) is 4.79 Å². The first kappa shape index (κ1) is 12.4. The van der Waals surface area contributed by atoms with Gasteiger partial charge in [-0.2, -0.15) is 0 Å². The summed E-state index contributed by atoms with van der Waals surface area (Å²) in [6, 6.07) is 7.11. The molecule has 0 aliphatic rings. The van der Waals surface area contributed by atoms with Gasteiger partial charge in [-0.1, -0.05) is 17.7 Å². The third kappa shape index (κ3) is 2.60. The summed E-state index contributed by atoms with van der Waals surface area (Å²) in [5.74, 6) is -1.03. The highest BCUT2D eigenvalue weighted by molar-refractivity contribution is 6.33. The second kappa shape index (κ2) is 5.06. The molecular formula is C13H11ClN2O2. The average molecular weight is 263 g/mol. The fourth-order valence-corrected chi connectivity index (χ4v) is 1.72. The highest BCUT2D eigenvalue weighted by atomic mass is 35.5. The number of carboxylic acid groups (broad SMARTS) is 1. The molecule has 1 heterocycles. The summed E-state index contributed by atoms with van der Waals surface area (Å²) in [6.45, 7) is 1.94. The fraction of sp³-hybridized carbons (Fsp3) is 0.0769. The lowest BCUT2D eigenvalue weighted by atomic mass is 10.2. The average Bonchev–Trinajstić information content (AvgIpc) is 2.34. The standard InChI is InChI=1S/C13H11ClN2O2/c1-8-2-3-10(14)12(6-8)16-11-4-5-15-7-9(11)13(17)18/h2-7H,1H3,(H,15,16)(H,17,18). The molecule has 2 N–H and O–H groups in total. The Morgan fingerprint density at radius 1 is 1.33 bits per heavy atom. The SMILES string of the molecule is Cc1ccc(Cl)c(Nc2ccncc2C(=O)O)c1. The zero-order valence-corrected chi connectivity index (χ0v) is 10.4. The molecule has 2 aromatic rings. The molecule has 0 aliphatic carbocycles. The summed E-state index contributed by atoms with van der Waals surface area (Å²) in [5, 5.41) is 12.6. The quantitative estimate of drug-likeness (QED) is 0.889. The topological polar surface area (TPSA) is 62.2 Å². The van der Waals surface area contributed by atoms with Gasteiger partial charge in [0, 0.05) is 12.4 Å². The largest absolute Gasteiger partial charge is 0.478 e. The lowest BCUT2D eigenvalue weighted by Crippen LogP contribution is -2.03. The molecule has 0 radical (unpaired) electrons. The van der Waals surface area contributed by atoms with Crippen molar-refractivity contribution in [2.45, 2.75) is 6.92 Å². The van der Waals surface area contributed by atoms with E-state index in [4.69, 9.17) is 16.7 Å². The van der Waals surface area contributed by atoms with Gasteiger partial charge >= 0.3 is 5.97 Å². The molecule has 0 aliphatic heterocycles. The number of aromatic nitrogens is 1. The van der Waals surface area contributed by atoms with Crippen molar-refractivity contribution in [3.63, 3.8) is 0 Å². The Balaban J connectivity index is 2.40. The van der Waals surface area contributed by atoms with Gasteiger partial charge in [0.05, 0.1) is 16.4 Å². The van der Waals surface area contributed by atoms with Gasteiger partial charge in [-0.05, 0) is 30.7 Å². The Labute approximate surface area is 109 Å². The lowest BCUT2D eigenvalue weighted by Gasteiger charge is -2.11. The number of nitrogens with one attached hydrogen (secondary N) is 1. The summed E-state index contributed by atoms with van der Waals surface area (Å²) >= 11 is 6.05. The van der Waals surface area contributed by atoms with E-state index in [-0.39, 0.29) is 5.56 Å². The number of halogens is 1. The minimum atomic E-state index is -1.03. The highest BCUT2D eigenvalue weighted by Crippen LogP contribution is 2.27. The van der Waals surface area contributed by atoms with Gasteiger partial charge in [-0.3, -0.25) is 4.98 Å². The van der Waals surface area contributed by atoms with Crippen molar-refractivity contribution in [1.29, 1.82) is 0 Å². The van der Waals surface area contributed by atoms with Crippen LogP contribution in [0.3, 0.4) is 0 Å². The number of rotatable bonds is 3. The summed E-state index contributed by atoms with van der Waals surface area (Å²) in [4.78, 5) is 14.8. The number of nitrogens with zero attached hydrogens (tertiary/aromatic N) is 1. The molecular weight excluding hydrogens is 252 g/mol. The van der Waals surface area contributed by atoms with E-state index in [1.807, 2.05) is 19.1 Å². The van der Waals surface area contributed by atoms with Gasteiger partial charge in [0.15, 0.2) is 0 Å². The van der Waals surface area contributed by atoms with Crippen molar-refractivity contribution in [3.05, 3.63) is 52.8 Å². The predicted molar refractivity (Wildman–Crippen MR) is 70.7 cm³/mol. The van der Waals surface area contributed by atoms with Crippen molar-refractivity contribution in [3.8, 4) is 0 Å². The van der Waals surface area contributed by atoms with Crippen LogP contribution in [0.1, 0.15) is 15.9 Å². The van der Waals surface area contributed by atoms with Crippen molar-refractivity contribution < 1.29 is 9.90 Å². The van der Waals surface area contributed by atoms with E-state index in [2.05, 4.69) is 10.3 Å². The minimum absolute atomic E-state index is 0.107. The number of hydrogen-bond acceptors (Lipinski definition) is 3. The Morgan fingerprint density at radius 3 is 2.83 bits per heavy atom. The maximum absolute atomic E-state index is 11.1. The number of aryl methyl sites for hydroxylation is 1. The van der Waals surface area contributed by atoms with Crippen LogP contribution >= 0.6 is 11.6 Å². The third-order valence-corrected chi connectivity index (χ3v) is 2.77. The van der Waals surface area contributed by atoms with Gasteiger partial charge in [-0.25, -0.2) is 4.79 Å². The van der Waals surface area contributed by atoms with Crippen LogP contribution in [0.25, 0.3) is 0 Å². The smallest absolute Gasteiger partial charge is 0.339 e. The van der Waals surface area contributed by atoms with Crippen LogP contribution in [0, 0.1) is 6.92 Å². The summed E-state index contributed by atoms with van der Waals surface area (Å²) in [6.07, 6.45) is 2.83. The van der Waals surface area contributed by atoms with Crippen molar-refractivity contribution in [1.82, 2.24) is 4.98 Å². The first-order valence-corrected chi connectivity index (χ1v) is 5.66. The summed E-state index contributed by atoms with van der Waals surface area (Å²) in [5.41, 5.74) is 2.28. The molecule has 92 valence electrons. The van der Waals surface area contributed by atoms with E-state index in [0.717, 1.165) is 5.56 Å². The molecule has 0 spiro atoms. The molecule has 4 nitrogen and oxygen atoms in total. The van der Waals surface area contributed by atoms with Crippen LogP contribution in [0.15, 0.2) is 36.7 Å². The molecule has 0 fully saturated rings. The molecule has 5 heteroatoms. The van der Waals surface area contributed by atoms with Crippen molar-refractivity contribution in [2.75, 3.05) is 5.32 Å². The molecule has 18 heavy (non-hydrogen) atoms. The lowest BCUT2D eigenvalue weighted by molar-refractivity contribution is 0.0697. The normalized spacial score (nSPS) is 10.1. The van der Waals surface area contributed by atoms with Crippen LogP contribution in [-0.4, -0.2) is 16.1 Å². The van der Waals surface area contributed by atoms with Crippen LogP contribution in [0.4, 0.5) is 11.4 Å². The number of carboxylic acids is 1.